The molecule has 0 bridgehead atoms. The van der Waals surface area contributed by atoms with Gasteiger partial charge < -0.3 is 14.8 Å². The number of H-pyrrole nitrogens is 1. The van der Waals surface area contributed by atoms with Gasteiger partial charge in [0.2, 0.25) is 0 Å². The Morgan fingerprint density at radius 1 is 1.12 bits per heavy atom. The number of fused-ring (bicyclic) bond motifs is 1. The number of aromatic amines is 1. The fourth-order valence-corrected chi connectivity index (χ4v) is 3.22. The van der Waals surface area contributed by atoms with Crippen molar-refractivity contribution in [2.24, 2.45) is 5.10 Å². The van der Waals surface area contributed by atoms with Crippen LogP contribution in [0, 0.1) is 10.1 Å². The second-order valence-corrected chi connectivity index (χ2v) is 7.12. The second kappa shape index (κ2) is 9.20. The average Bonchev–Trinajstić information content (AvgIpc) is 2.83. The Morgan fingerprint density at radius 2 is 1.91 bits per heavy atom. The Hall–Kier alpha value is -5.06. The first-order valence-electron chi connectivity index (χ1n) is 9.85. The summed E-state index contributed by atoms with van der Waals surface area (Å²) in [5.74, 6) is -1.13. The molecule has 4 rings (SSSR count). The van der Waals surface area contributed by atoms with Crippen LogP contribution in [-0.2, 0) is 6.61 Å². The molecule has 0 spiro atoms. The largest absolute Gasteiger partial charge is 0.482 e. The Labute approximate surface area is 190 Å². The zero-order valence-corrected chi connectivity index (χ0v) is 17.4. The molecule has 0 unspecified atom stereocenters. The molecule has 170 valence electrons. The number of hydrogen-bond donors (Lipinski definition) is 2. The Morgan fingerprint density at radius 3 is 2.68 bits per heavy atom. The maximum absolute atomic E-state index is 12.6. The summed E-state index contributed by atoms with van der Waals surface area (Å²) in [4.78, 5) is 49.3. The van der Waals surface area contributed by atoms with Crippen molar-refractivity contribution >= 4 is 28.8 Å². The van der Waals surface area contributed by atoms with Gasteiger partial charge in [-0.1, -0.05) is 24.3 Å². The minimum atomic E-state index is -1.10. The van der Waals surface area contributed by atoms with Crippen LogP contribution in [0.2, 0.25) is 0 Å². The molecule has 1 aromatic heterocycles. The number of carboxylic acids is 1. The minimum Gasteiger partial charge on any atom is -0.482 e. The molecule has 3 aromatic carbocycles. The van der Waals surface area contributed by atoms with Gasteiger partial charge in [-0.25, -0.2) is 9.59 Å². The number of rotatable bonds is 7. The van der Waals surface area contributed by atoms with E-state index in [9.17, 15) is 24.5 Å². The number of aromatic nitrogens is 2. The number of nitrogens with one attached hydrogen (secondary N) is 1. The van der Waals surface area contributed by atoms with Gasteiger partial charge in [-0.15, -0.1) is 4.68 Å². The van der Waals surface area contributed by atoms with E-state index in [0.717, 1.165) is 6.21 Å². The summed E-state index contributed by atoms with van der Waals surface area (Å²) in [6.07, 6.45) is 1.15. The number of ether oxygens (including phenoxy) is 1. The van der Waals surface area contributed by atoms with Crippen molar-refractivity contribution in [1.29, 1.82) is 0 Å². The molecule has 0 aliphatic carbocycles. The van der Waals surface area contributed by atoms with Crippen LogP contribution in [0.1, 0.15) is 21.5 Å². The van der Waals surface area contributed by atoms with Gasteiger partial charge in [-0.05, 0) is 42.0 Å². The highest BCUT2D eigenvalue weighted by molar-refractivity contribution is 5.87. The van der Waals surface area contributed by atoms with Gasteiger partial charge in [0.1, 0.15) is 6.61 Å². The van der Waals surface area contributed by atoms with E-state index in [2.05, 4.69) is 10.1 Å². The molecule has 4 aromatic rings. The topological polar surface area (TPSA) is 157 Å². The third-order valence-electron chi connectivity index (χ3n) is 4.85. The number of hydrogen-bond acceptors (Lipinski definition) is 7. The summed E-state index contributed by atoms with van der Waals surface area (Å²) in [6.45, 7) is -0.0861. The van der Waals surface area contributed by atoms with E-state index in [0.29, 0.717) is 15.8 Å². The number of nitro groups is 1. The predicted octanol–water partition coefficient (Wildman–Crippen LogP) is 2.76. The summed E-state index contributed by atoms with van der Waals surface area (Å²) >= 11 is 0. The van der Waals surface area contributed by atoms with Crippen LogP contribution in [0.25, 0.3) is 10.9 Å². The number of carboxylic acid groups (broad SMARTS) is 1. The fourth-order valence-electron chi connectivity index (χ4n) is 3.22. The van der Waals surface area contributed by atoms with Gasteiger partial charge in [-0.2, -0.15) is 5.10 Å². The number of carbonyl (C=O) groups is 1. The van der Waals surface area contributed by atoms with E-state index in [1.807, 2.05) is 0 Å². The van der Waals surface area contributed by atoms with E-state index in [-0.39, 0.29) is 34.6 Å². The molecule has 0 saturated heterocycles. The number of para-hydroxylation sites is 1. The molecule has 11 nitrogen and oxygen atoms in total. The number of benzene rings is 3. The SMILES string of the molecule is O=C(O)c1cccc(COc2ccc(C=Nn3c(=O)[nH]c4ccccc4c3=O)cc2[N+](=O)[O-])c1. The minimum absolute atomic E-state index is 0.0383. The number of nitro benzene ring substituents is 1. The first kappa shape index (κ1) is 22.1. The molecule has 0 aliphatic heterocycles. The van der Waals surface area contributed by atoms with Crippen molar-refractivity contribution in [3.63, 3.8) is 0 Å². The quantitative estimate of drug-likeness (QED) is 0.244. The summed E-state index contributed by atoms with van der Waals surface area (Å²) in [6, 6.07) is 16.5. The monoisotopic (exact) mass is 460 g/mol. The molecule has 0 aliphatic rings. The fraction of sp³-hybridized carbons (Fsp3) is 0.0435. The smallest absolute Gasteiger partial charge is 0.349 e. The molecule has 0 fully saturated rings. The molecule has 0 saturated carbocycles. The molecule has 2 N–H and O–H groups in total. The van der Waals surface area contributed by atoms with Crippen LogP contribution in [0.15, 0.2) is 81.4 Å². The van der Waals surface area contributed by atoms with Gasteiger partial charge in [0, 0.05) is 11.6 Å². The first-order valence-corrected chi connectivity index (χ1v) is 9.85. The lowest BCUT2D eigenvalue weighted by atomic mass is 10.1. The van der Waals surface area contributed by atoms with E-state index in [4.69, 9.17) is 9.84 Å². The van der Waals surface area contributed by atoms with Crippen molar-refractivity contribution < 1.29 is 19.6 Å². The highest BCUT2D eigenvalue weighted by Gasteiger charge is 2.16. The maximum atomic E-state index is 12.6. The average molecular weight is 460 g/mol. The van der Waals surface area contributed by atoms with Crippen molar-refractivity contribution in [3.8, 4) is 5.75 Å². The molecular formula is C23H16N4O7. The van der Waals surface area contributed by atoms with Crippen LogP contribution in [-0.4, -0.2) is 31.9 Å². The summed E-state index contributed by atoms with van der Waals surface area (Å²) in [5.41, 5.74) is -0.526. The van der Waals surface area contributed by atoms with Gasteiger partial charge >= 0.3 is 17.3 Å². The number of aromatic carboxylic acids is 1. The lowest BCUT2D eigenvalue weighted by molar-refractivity contribution is -0.385. The van der Waals surface area contributed by atoms with Crippen molar-refractivity contribution in [1.82, 2.24) is 9.66 Å². The molecule has 34 heavy (non-hydrogen) atoms. The van der Waals surface area contributed by atoms with Crippen LogP contribution < -0.4 is 16.0 Å². The van der Waals surface area contributed by atoms with Gasteiger partial charge in [0.15, 0.2) is 5.75 Å². The van der Waals surface area contributed by atoms with Gasteiger partial charge in [-0.3, -0.25) is 14.9 Å². The normalized spacial score (nSPS) is 11.1. The highest BCUT2D eigenvalue weighted by Crippen LogP contribution is 2.28. The lowest BCUT2D eigenvalue weighted by Crippen LogP contribution is -2.32. The van der Waals surface area contributed by atoms with E-state index in [1.165, 1.54) is 30.3 Å². The predicted molar refractivity (Wildman–Crippen MR) is 123 cm³/mol. The molecule has 11 heteroatoms. The number of nitrogens with zero attached hydrogens (tertiary/aromatic N) is 3. The van der Waals surface area contributed by atoms with Crippen LogP contribution in [0.3, 0.4) is 0 Å². The lowest BCUT2D eigenvalue weighted by Gasteiger charge is -2.08. The van der Waals surface area contributed by atoms with Crippen LogP contribution >= 0.6 is 0 Å². The zero-order chi connectivity index (χ0) is 24.2. The first-order chi connectivity index (χ1) is 16.3. The third kappa shape index (κ3) is 4.58. The molecular weight excluding hydrogens is 444 g/mol. The molecule has 0 atom stereocenters. The van der Waals surface area contributed by atoms with E-state index >= 15 is 0 Å². The van der Waals surface area contributed by atoms with E-state index in [1.54, 1.807) is 36.4 Å². The highest BCUT2D eigenvalue weighted by atomic mass is 16.6. The van der Waals surface area contributed by atoms with E-state index < -0.39 is 22.1 Å². The third-order valence-corrected chi connectivity index (χ3v) is 4.85. The van der Waals surface area contributed by atoms with Crippen LogP contribution in [0.4, 0.5) is 5.69 Å². The summed E-state index contributed by atoms with van der Waals surface area (Å²) in [7, 11) is 0. The summed E-state index contributed by atoms with van der Waals surface area (Å²) in [5, 5.41) is 24.8. The zero-order valence-electron chi connectivity index (χ0n) is 17.4. The van der Waals surface area contributed by atoms with Crippen LogP contribution in [0.5, 0.6) is 5.75 Å². The molecule has 0 amide bonds. The second-order valence-electron chi connectivity index (χ2n) is 7.12. The summed E-state index contributed by atoms with van der Waals surface area (Å²) < 4.78 is 6.17. The van der Waals surface area contributed by atoms with Crippen molar-refractivity contribution in [3.05, 3.63) is 114 Å². The van der Waals surface area contributed by atoms with Crippen molar-refractivity contribution in [2.75, 3.05) is 0 Å². The standard InChI is InChI=1S/C23H16N4O7/c28-21-17-6-1-2-7-18(17)25-23(31)26(21)24-12-14-8-9-20(19(11-14)27(32)33)34-13-15-4-3-5-16(10-15)22(29)30/h1-12H,13H2,(H,25,31)(H,29,30). The maximum Gasteiger partial charge on any atom is 0.349 e. The van der Waals surface area contributed by atoms with Gasteiger partial charge in [0.25, 0.3) is 5.56 Å². The van der Waals surface area contributed by atoms with Crippen molar-refractivity contribution in [2.45, 2.75) is 6.61 Å². The Balaban J connectivity index is 1.60. The molecule has 0 radical (unpaired) electrons. The molecule has 1 heterocycles. The Bertz CT molecular complexity index is 1570. The van der Waals surface area contributed by atoms with Gasteiger partial charge in [0.05, 0.1) is 27.6 Å². The Kier molecular flexibility index (Phi) is 5.99.